The molecule has 0 N–H and O–H groups in total. The Morgan fingerprint density at radius 3 is 2.06 bits per heavy atom. The van der Waals surface area contributed by atoms with Crippen molar-refractivity contribution < 1.29 is 27.5 Å². The van der Waals surface area contributed by atoms with Crippen LogP contribution in [0.5, 0.6) is 5.75 Å². The molecule has 1 fully saturated rings. The molecule has 36 heavy (non-hydrogen) atoms. The molecule has 3 aromatic carbocycles. The molecular weight excluding hydrogens is 471 g/mol. The van der Waals surface area contributed by atoms with Gasteiger partial charge in [-0.25, -0.2) is 0 Å². The van der Waals surface area contributed by atoms with Crippen molar-refractivity contribution >= 4 is 11.8 Å². The van der Waals surface area contributed by atoms with Gasteiger partial charge in [0.05, 0.1) is 17.2 Å². The van der Waals surface area contributed by atoms with Gasteiger partial charge in [-0.3, -0.25) is 9.59 Å². The van der Waals surface area contributed by atoms with Crippen LogP contribution < -0.4 is 4.74 Å². The predicted octanol–water partition coefficient (Wildman–Crippen LogP) is 4.75. The molecule has 0 aliphatic carbocycles. The second kappa shape index (κ2) is 10.5. The second-order valence-electron chi connectivity index (χ2n) is 8.24. The number of amides is 2. The molecule has 4 rings (SSSR count). The topological polar surface area (TPSA) is 73.6 Å². The molecule has 1 saturated heterocycles. The monoisotopic (exact) mass is 493 g/mol. The van der Waals surface area contributed by atoms with E-state index in [2.05, 4.69) is 6.07 Å². The molecular formula is C27H22F3N3O3. The van der Waals surface area contributed by atoms with Crippen LogP contribution in [0.25, 0.3) is 0 Å². The number of hydrogen-bond acceptors (Lipinski definition) is 4. The summed E-state index contributed by atoms with van der Waals surface area (Å²) >= 11 is 0. The standard InChI is InChI=1S/C27H22F3N3O3/c28-27(29,30)23-10-8-19(9-11-23)25(34)32-12-14-33(15-13-32)26(35)20-6-3-7-24(16-20)36-18-22-5-2-1-4-21(22)17-31/h1-11,16H,12-15,18H2. The fourth-order valence-electron chi connectivity index (χ4n) is 3.91. The summed E-state index contributed by atoms with van der Waals surface area (Å²) in [5, 5.41) is 9.21. The third-order valence-electron chi connectivity index (χ3n) is 5.93. The van der Waals surface area contributed by atoms with Crippen molar-refractivity contribution in [3.05, 3.63) is 101 Å². The zero-order chi connectivity index (χ0) is 25.7. The number of carbonyl (C=O) groups is 2. The van der Waals surface area contributed by atoms with Gasteiger partial charge < -0.3 is 14.5 Å². The number of nitrogens with zero attached hydrogens (tertiary/aromatic N) is 3. The number of rotatable bonds is 5. The molecule has 0 spiro atoms. The minimum atomic E-state index is -4.46. The van der Waals surface area contributed by atoms with Crippen molar-refractivity contribution in [2.75, 3.05) is 26.2 Å². The SMILES string of the molecule is N#Cc1ccccc1COc1cccc(C(=O)N2CCN(C(=O)c3ccc(C(F)(F)F)cc3)CC2)c1. The van der Waals surface area contributed by atoms with Crippen LogP contribution in [0, 0.1) is 11.3 Å². The summed E-state index contributed by atoms with van der Waals surface area (Å²) in [6.07, 6.45) is -4.46. The van der Waals surface area contributed by atoms with Gasteiger partial charge in [0.1, 0.15) is 12.4 Å². The third kappa shape index (κ3) is 5.66. The van der Waals surface area contributed by atoms with Crippen LogP contribution in [-0.2, 0) is 12.8 Å². The summed E-state index contributed by atoms with van der Waals surface area (Å²) in [4.78, 5) is 28.9. The molecule has 2 amide bonds. The van der Waals surface area contributed by atoms with Crippen molar-refractivity contribution in [1.29, 1.82) is 5.26 Å². The highest BCUT2D eigenvalue weighted by Crippen LogP contribution is 2.29. The van der Waals surface area contributed by atoms with Gasteiger partial charge in [0.25, 0.3) is 11.8 Å². The average molecular weight is 493 g/mol. The molecule has 1 aliphatic rings. The Kier molecular flexibility index (Phi) is 7.25. The van der Waals surface area contributed by atoms with Crippen LogP contribution in [0.4, 0.5) is 13.2 Å². The van der Waals surface area contributed by atoms with Gasteiger partial charge in [-0.15, -0.1) is 0 Å². The van der Waals surface area contributed by atoms with E-state index in [1.54, 1.807) is 47.4 Å². The molecule has 6 nitrogen and oxygen atoms in total. The van der Waals surface area contributed by atoms with Crippen molar-refractivity contribution in [3.8, 4) is 11.8 Å². The smallest absolute Gasteiger partial charge is 0.416 e. The zero-order valence-corrected chi connectivity index (χ0v) is 19.2. The Morgan fingerprint density at radius 1 is 0.833 bits per heavy atom. The average Bonchev–Trinajstić information content (AvgIpc) is 2.91. The first-order valence-corrected chi connectivity index (χ1v) is 11.2. The maximum atomic E-state index is 13.0. The van der Waals surface area contributed by atoms with Crippen LogP contribution in [0.1, 0.15) is 37.4 Å². The van der Waals surface area contributed by atoms with Gasteiger partial charge >= 0.3 is 6.18 Å². The fraction of sp³-hybridized carbons (Fsp3) is 0.222. The summed E-state index contributed by atoms with van der Waals surface area (Å²) in [5.74, 6) is -0.0897. The number of carbonyl (C=O) groups excluding carboxylic acids is 2. The van der Waals surface area contributed by atoms with E-state index in [1.165, 1.54) is 17.0 Å². The highest BCUT2D eigenvalue weighted by Gasteiger charge is 2.31. The number of hydrogen-bond donors (Lipinski definition) is 0. The number of alkyl halides is 3. The third-order valence-corrected chi connectivity index (χ3v) is 5.93. The molecule has 0 radical (unpaired) electrons. The van der Waals surface area contributed by atoms with E-state index in [0.29, 0.717) is 30.0 Å². The summed E-state index contributed by atoms with van der Waals surface area (Å²) in [7, 11) is 0. The highest BCUT2D eigenvalue weighted by molar-refractivity contribution is 5.96. The summed E-state index contributed by atoms with van der Waals surface area (Å²) in [5.41, 5.74) is 1.06. The van der Waals surface area contributed by atoms with E-state index in [4.69, 9.17) is 4.74 Å². The van der Waals surface area contributed by atoms with Crippen LogP contribution in [0.2, 0.25) is 0 Å². The molecule has 3 aromatic rings. The quantitative estimate of drug-likeness (QED) is 0.514. The van der Waals surface area contributed by atoms with Crippen LogP contribution >= 0.6 is 0 Å². The lowest BCUT2D eigenvalue weighted by Crippen LogP contribution is -2.50. The van der Waals surface area contributed by atoms with E-state index in [-0.39, 0.29) is 37.1 Å². The van der Waals surface area contributed by atoms with Gasteiger partial charge in [0.15, 0.2) is 0 Å². The first kappa shape index (κ1) is 24.8. The predicted molar refractivity (Wildman–Crippen MR) is 125 cm³/mol. The van der Waals surface area contributed by atoms with E-state index < -0.39 is 11.7 Å². The van der Waals surface area contributed by atoms with Gasteiger partial charge in [0, 0.05) is 42.9 Å². The Bertz CT molecular complexity index is 1290. The maximum absolute atomic E-state index is 13.0. The Morgan fingerprint density at radius 2 is 1.44 bits per heavy atom. The number of halogens is 3. The van der Waals surface area contributed by atoms with E-state index in [0.717, 1.165) is 17.7 Å². The van der Waals surface area contributed by atoms with E-state index >= 15 is 0 Å². The van der Waals surface area contributed by atoms with Crippen molar-refractivity contribution in [2.45, 2.75) is 12.8 Å². The van der Waals surface area contributed by atoms with Gasteiger partial charge in [-0.05, 0) is 48.5 Å². The molecule has 0 atom stereocenters. The van der Waals surface area contributed by atoms with Crippen LogP contribution in [-0.4, -0.2) is 47.8 Å². The van der Waals surface area contributed by atoms with E-state index in [9.17, 15) is 28.0 Å². The minimum Gasteiger partial charge on any atom is -0.489 e. The van der Waals surface area contributed by atoms with Crippen molar-refractivity contribution in [1.82, 2.24) is 9.80 Å². The summed E-state index contributed by atoms with van der Waals surface area (Å²) in [6.45, 7) is 1.32. The first-order valence-electron chi connectivity index (χ1n) is 11.2. The Hall–Kier alpha value is -4.32. The number of benzene rings is 3. The first-order chi connectivity index (χ1) is 17.3. The van der Waals surface area contributed by atoms with E-state index in [1.807, 2.05) is 6.07 Å². The molecule has 0 unspecified atom stereocenters. The van der Waals surface area contributed by atoms with Crippen molar-refractivity contribution in [2.24, 2.45) is 0 Å². The zero-order valence-electron chi connectivity index (χ0n) is 19.2. The maximum Gasteiger partial charge on any atom is 0.416 e. The van der Waals surface area contributed by atoms with Crippen LogP contribution in [0.3, 0.4) is 0 Å². The van der Waals surface area contributed by atoms with Gasteiger partial charge in [-0.1, -0.05) is 24.3 Å². The number of piperazine rings is 1. The van der Waals surface area contributed by atoms with Crippen molar-refractivity contribution in [3.63, 3.8) is 0 Å². The summed E-state index contributed by atoms with van der Waals surface area (Å²) < 4.78 is 44.1. The van der Waals surface area contributed by atoms with Gasteiger partial charge in [-0.2, -0.15) is 18.4 Å². The molecule has 9 heteroatoms. The van der Waals surface area contributed by atoms with Crippen LogP contribution in [0.15, 0.2) is 72.8 Å². The normalized spacial score (nSPS) is 13.7. The Balaban J connectivity index is 1.34. The molecule has 0 aromatic heterocycles. The molecule has 184 valence electrons. The highest BCUT2D eigenvalue weighted by atomic mass is 19.4. The minimum absolute atomic E-state index is 0.172. The molecule has 1 aliphatic heterocycles. The largest absolute Gasteiger partial charge is 0.489 e. The fourth-order valence-corrected chi connectivity index (χ4v) is 3.91. The number of nitriles is 1. The molecule has 1 heterocycles. The Labute approximate surface area is 206 Å². The molecule has 0 bridgehead atoms. The lowest BCUT2D eigenvalue weighted by molar-refractivity contribution is -0.137. The summed E-state index contributed by atoms with van der Waals surface area (Å²) in [6, 6.07) is 20.1. The second-order valence-corrected chi connectivity index (χ2v) is 8.24. The molecule has 0 saturated carbocycles. The lowest BCUT2D eigenvalue weighted by Gasteiger charge is -2.35. The lowest BCUT2D eigenvalue weighted by atomic mass is 10.1. The van der Waals surface area contributed by atoms with Gasteiger partial charge in [0.2, 0.25) is 0 Å². The number of ether oxygens (including phenoxy) is 1.